The molecule has 124 valence electrons. The molecule has 0 unspecified atom stereocenters. The molecule has 1 aromatic carbocycles. The van der Waals surface area contributed by atoms with Crippen molar-refractivity contribution in [2.24, 2.45) is 0 Å². The van der Waals surface area contributed by atoms with E-state index in [9.17, 15) is 13.2 Å². The first-order chi connectivity index (χ1) is 11.0. The number of hydrogen-bond donors (Lipinski definition) is 0. The number of piperazine rings is 1. The number of fused-ring (bicyclic) bond motifs is 1. The molecule has 0 aliphatic carbocycles. The van der Waals surface area contributed by atoms with Crippen molar-refractivity contribution in [3.05, 3.63) is 30.6 Å². The number of sulfonamides is 1. The van der Waals surface area contributed by atoms with Gasteiger partial charge in [-0.2, -0.15) is 4.31 Å². The molecule has 8 heteroatoms. The minimum absolute atomic E-state index is 0.00747. The number of amides is 1. The third kappa shape index (κ3) is 3.37. The quantitative estimate of drug-likeness (QED) is 0.816. The molecule has 0 bridgehead atoms. The van der Waals surface area contributed by atoms with Gasteiger partial charge in [-0.25, -0.2) is 13.4 Å². The maximum absolute atomic E-state index is 12.5. The van der Waals surface area contributed by atoms with E-state index >= 15 is 0 Å². The van der Waals surface area contributed by atoms with Crippen LogP contribution in [0, 0.1) is 0 Å². The summed E-state index contributed by atoms with van der Waals surface area (Å²) < 4.78 is 28.3. The van der Waals surface area contributed by atoms with Crippen molar-refractivity contribution in [1.29, 1.82) is 0 Å². The summed E-state index contributed by atoms with van der Waals surface area (Å²) >= 11 is 0. The second-order valence-corrected chi connectivity index (χ2v) is 7.74. The van der Waals surface area contributed by atoms with Gasteiger partial charge in [0, 0.05) is 39.6 Å². The van der Waals surface area contributed by atoms with Gasteiger partial charge in [0.05, 0.1) is 23.1 Å². The van der Waals surface area contributed by atoms with E-state index in [2.05, 4.69) is 4.98 Å². The summed E-state index contributed by atoms with van der Waals surface area (Å²) in [4.78, 5) is 17.3. The van der Waals surface area contributed by atoms with E-state index < -0.39 is 10.0 Å². The van der Waals surface area contributed by atoms with Crippen LogP contribution < -0.4 is 0 Å². The number of imidazole rings is 1. The minimum Gasteiger partial charge on any atom is -0.340 e. The molecule has 1 aliphatic rings. The molecule has 1 saturated heterocycles. The highest BCUT2D eigenvalue weighted by atomic mass is 32.2. The lowest BCUT2D eigenvalue weighted by molar-refractivity contribution is -0.129. The summed E-state index contributed by atoms with van der Waals surface area (Å²) in [6.07, 6.45) is 1.67. The van der Waals surface area contributed by atoms with Crippen LogP contribution in [-0.4, -0.2) is 65.0 Å². The monoisotopic (exact) mass is 336 g/mol. The van der Waals surface area contributed by atoms with Crippen LogP contribution in [-0.2, 0) is 21.4 Å². The Labute approximate surface area is 135 Å². The van der Waals surface area contributed by atoms with Crippen LogP contribution in [0.5, 0.6) is 0 Å². The van der Waals surface area contributed by atoms with E-state index in [-0.39, 0.29) is 11.7 Å². The lowest BCUT2D eigenvalue weighted by Gasteiger charge is -2.33. The van der Waals surface area contributed by atoms with Gasteiger partial charge in [-0.15, -0.1) is 0 Å². The Morgan fingerprint density at radius 3 is 2.57 bits per heavy atom. The average Bonchev–Trinajstić information content (AvgIpc) is 2.96. The Hall–Kier alpha value is -1.93. The predicted octanol–water partition coefficient (Wildman–Crippen LogP) is 0.530. The van der Waals surface area contributed by atoms with Gasteiger partial charge in [-0.3, -0.25) is 4.79 Å². The second kappa shape index (κ2) is 6.29. The van der Waals surface area contributed by atoms with Crippen molar-refractivity contribution in [2.75, 3.05) is 31.9 Å². The number of aromatic nitrogens is 2. The number of carbonyl (C=O) groups is 1. The summed E-state index contributed by atoms with van der Waals surface area (Å²) in [5, 5.41) is 0. The summed E-state index contributed by atoms with van der Waals surface area (Å²) in [7, 11) is -3.33. The first-order valence-electron chi connectivity index (χ1n) is 7.60. The van der Waals surface area contributed by atoms with Gasteiger partial charge in [0.25, 0.3) is 0 Å². The van der Waals surface area contributed by atoms with Crippen LogP contribution in [0.3, 0.4) is 0 Å². The summed E-state index contributed by atoms with van der Waals surface area (Å²) in [5.41, 5.74) is 1.80. The Balaban J connectivity index is 1.64. The fraction of sp³-hybridized carbons (Fsp3) is 0.467. The van der Waals surface area contributed by atoms with Crippen molar-refractivity contribution in [3.8, 4) is 0 Å². The fourth-order valence-corrected chi connectivity index (χ4v) is 4.22. The number of nitrogens with zero attached hydrogens (tertiary/aromatic N) is 4. The van der Waals surface area contributed by atoms with Gasteiger partial charge in [0.15, 0.2) is 0 Å². The van der Waals surface area contributed by atoms with E-state index in [4.69, 9.17) is 0 Å². The normalized spacial score (nSPS) is 16.8. The van der Waals surface area contributed by atoms with Crippen molar-refractivity contribution in [1.82, 2.24) is 18.8 Å². The van der Waals surface area contributed by atoms with Crippen LogP contribution >= 0.6 is 0 Å². The molecule has 0 saturated carbocycles. The molecule has 2 heterocycles. The lowest BCUT2D eigenvalue weighted by atomic mass is 10.3. The average molecular weight is 336 g/mol. The summed E-state index contributed by atoms with van der Waals surface area (Å²) in [6, 6.07) is 7.66. The van der Waals surface area contributed by atoms with Gasteiger partial charge in [-0.1, -0.05) is 12.1 Å². The number of para-hydroxylation sites is 2. The predicted molar refractivity (Wildman–Crippen MR) is 87.3 cm³/mol. The van der Waals surface area contributed by atoms with Gasteiger partial charge in [0.2, 0.25) is 15.9 Å². The maximum Gasteiger partial charge on any atom is 0.219 e. The van der Waals surface area contributed by atoms with Crippen molar-refractivity contribution >= 4 is 27.0 Å². The molecular formula is C15H20N4O3S. The molecule has 1 fully saturated rings. The molecule has 1 amide bonds. The zero-order chi connectivity index (χ0) is 16.4. The van der Waals surface area contributed by atoms with Crippen LogP contribution in [0.2, 0.25) is 0 Å². The lowest BCUT2D eigenvalue weighted by Crippen LogP contribution is -2.50. The van der Waals surface area contributed by atoms with Crippen molar-refractivity contribution in [3.63, 3.8) is 0 Å². The van der Waals surface area contributed by atoms with E-state index in [1.165, 1.54) is 11.2 Å². The molecule has 7 nitrogen and oxygen atoms in total. The third-order valence-corrected chi connectivity index (χ3v) is 6.05. The Kier molecular flexibility index (Phi) is 4.36. The summed E-state index contributed by atoms with van der Waals surface area (Å²) in [5.74, 6) is 0.0277. The van der Waals surface area contributed by atoms with Gasteiger partial charge in [-0.05, 0) is 12.1 Å². The minimum atomic E-state index is -3.33. The highest BCUT2D eigenvalue weighted by Gasteiger charge is 2.27. The van der Waals surface area contributed by atoms with E-state index in [1.54, 1.807) is 11.2 Å². The van der Waals surface area contributed by atoms with Crippen molar-refractivity contribution in [2.45, 2.75) is 13.5 Å². The number of rotatable bonds is 4. The maximum atomic E-state index is 12.5. The first-order valence-corrected chi connectivity index (χ1v) is 9.21. The Morgan fingerprint density at radius 2 is 1.87 bits per heavy atom. The van der Waals surface area contributed by atoms with E-state index in [0.717, 1.165) is 11.0 Å². The van der Waals surface area contributed by atoms with E-state index in [0.29, 0.717) is 32.7 Å². The number of hydrogen-bond acceptors (Lipinski definition) is 4. The second-order valence-electron chi connectivity index (χ2n) is 5.65. The molecule has 0 atom stereocenters. The highest BCUT2D eigenvalue weighted by molar-refractivity contribution is 7.89. The van der Waals surface area contributed by atoms with Crippen LogP contribution in [0.1, 0.15) is 6.92 Å². The molecular weight excluding hydrogens is 316 g/mol. The number of aryl methyl sites for hydroxylation is 1. The summed E-state index contributed by atoms with van der Waals surface area (Å²) in [6.45, 7) is 3.54. The first kappa shape index (κ1) is 15.9. The van der Waals surface area contributed by atoms with Gasteiger partial charge in [0.1, 0.15) is 0 Å². The smallest absolute Gasteiger partial charge is 0.219 e. The standard InChI is InChI=1S/C15H20N4O3S/c1-13(20)17-6-8-19(9-7-17)23(21,22)11-10-18-12-16-14-4-2-3-5-15(14)18/h2-5,12H,6-11H2,1H3. The molecule has 2 aromatic rings. The molecule has 3 rings (SSSR count). The van der Waals surface area contributed by atoms with Crippen LogP contribution in [0.15, 0.2) is 30.6 Å². The highest BCUT2D eigenvalue weighted by Crippen LogP contribution is 2.13. The van der Waals surface area contributed by atoms with Crippen molar-refractivity contribution < 1.29 is 13.2 Å². The molecule has 1 aromatic heterocycles. The zero-order valence-corrected chi connectivity index (χ0v) is 13.9. The van der Waals surface area contributed by atoms with Gasteiger partial charge < -0.3 is 9.47 Å². The molecule has 0 radical (unpaired) electrons. The molecule has 23 heavy (non-hydrogen) atoms. The number of carbonyl (C=O) groups excluding carboxylic acids is 1. The van der Waals surface area contributed by atoms with Gasteiger partial charge >= 0.3 is 0 Å². The molecule has 0 N–H and O–H groups in total. The largest absolute Gasteiger partial charge is 0.340 e. The molecule has 1 aliphatic heterocycles. The fourth-order valence-electron chi connectivity index (χ4n) is 2.81. The van der Waals surface area contributed by atoms with Crippen LogP contribution in [0.4, 0.5) is 0 Å². The third-order valence-electron chi connectivity index (χ3n) is 4.19. The number of benzene rings is 1. The Morgan fingerprint density at radius 1 is 1.17 bits per heavy atom. The van der Waals surface area contributed by atoms with Crippen LogP contribution in [0.25, 0.3) is 11.0 Å². The zero-order valence-electron chi connectivity index (χ0n) is 13.1. The van der Waals surface area contributed by atoms with E-state index in [1.807, 2.05) is 28.8 Å². The molecule has 0 spiro atoms. The topological polar surface area (TPSA) is 75.5 Å². The Bertz CT molecular complexity index is 807. The SMILES string of the molecule is CC(=O)N1CCN(S(=O)(=O)CCn2cnc3ccccc32)CC1.